The molecule has 0 saturated carbocycles. The van der Waals surface area contributed by atoms with Gasteiger partial charge in [-0.3, -0.25) is 4.79 Å². The Balaban J connectivity index is 1.64. The summed E-state index contributed by atoms with van der Waals surface area (Å²) in [6.07, 6.45) is -0.655. The van der Waals surface area contributed by atoms with Crippen LogP contribution >= 0.6 is 0 Å². The molecule has 146 valence electrons. The van der Waals surface area contributed by atoms with Gasteiger partial charge in [-0.05, 0) is 49.9 Å². The number of anilines is 2. The largest absolute Gasteiger partial charge is 0.481 e. The van der Waals surface area contributed by atoms with Crippen molar-refractivity contribution in [3.63, 3.8) is 0 Å². The molecule has 3 rings (SSSR count). The van der Waals surface area contributed by atoms with E-state index in [4.69, 9.17) is 10.00 Å². The number of amides is 1. The summed E-state index contributed by atoms with van der Waals surface area (Å²) in [5.41, 5.74) is 2.39. The first-order valence-electron chi connectivity index (χ1n) is 9.64. The molecule has 2 aromatic rings. The highest BCUT2D eigenvalue weighted by atomic mass is 16.5. The highest BCUT2D eigenvalue weighted by molar-refractivity contribution is 5.97. The molecule has 0 radical (unpaired) electrons. The van der Waals surface area contributed by atoms with Gasteiger partial charge in [0.05, 0.1) is 23.0 Å². The van der Waals surface area contributed by atoms with E-state index < -0.39 is 6.10 Å². The number of benzene rings is 2. The Kier molecular flexibility index (Phi) is 6.51. The van der Waals surface area contributed by atoms with E-state index in [1.54, 1.807) is 31.2 Å². The van der Waals surface area contributed by atoms with Crippen LogP contribution in [-0.2, 0) is 4.79 Å². The van der Waals surface area contributed by atoms with Gasteiger partial charge in [-0.25, -0.2) is 0 Å². The Labute approximate surface area is 166 Å². The minimum absolute atomic E-state index is 0.205. The molecule has 0 spiro atoms. The summed E-state index contributed by atoms with van der Waals surface area (Å²) in [6.45, 7) is 8.90. The second-order valence-corrected chi connectivity index (χ2v) is 6.82. The average Bonchev–Trinajstić information content (AvgIpc) is 2.74. The molecular weight excluding hydrogens is 352 g/mol. The van der Waals surface area contributed by atoms with Crippen LogP contribution in [0.2, 0.25) is 0 Å². The smallest absolute Gasteiger partial charge is 0.265 e. The van der Waals surface area contributed by atoms with E-state index in [1.807, 2.05) is 24.3 Å². The first-order valence-corrected chi connectivity index (χ1v) is 9.64. The summed E-state index contributed by atoms with van der Waals surface area (Å²) in [5.74, 6) is 0.356. The lowest BCUT2D eigenvalue weighted by atomic mass is 10.2. The Morgan fingerprint density at radius 3 is 2.46 bits per heavy atom. The third-order valence-electron chi connectivity index (χ3n) is 4.99. The van der Waals surface area contributed by atoms with Crippen molar-refractivity contribution < 1.29 is 9.53 Å². The molecule has 1 amide bonds. The molecule has 2 aromatic carbocycles. The maximum atomic E-state index is 12.7. The van der Waals surface area contributed by atoms with Gasteiger partial charge in [0, 0.05) is 26.2 Å². The normalized spacial score (nSPS) is 15.5. The fraction of sp³-hybridized carbons (Fsp3) is 0.364. The summed E-state index contributed by atoms with van der Waals surface area (Å²) in [4.78, 5) is 17.4. The van der Waals surface area contributed by atoms with Crippen LogP contribution in [0.5, 0.6) is 5.75 Å². The number of nitriles is 1. The van der Waals surface area contributed by atoms with Gasteiger partial charge in [-0.2, -0.15) is 5.26 Å². The summed E-state index contributed by atoms with van der Waals surface area (Å²) < 4.78 is 5.72. The number of nitrogens with one attached hydrogen (secondary N) is 1. The molecule has 1 heterocycles. The first-order chi connectivity index (χ1) is 13.6. The van der Waals surface area contributed by atoms with Gasteiger partial charge in [-0.1, -0.05) is 19.1 Å². The third kappa shape index (κ3) is 4.81. The third-order valence-corrected chi connectivity index (χ3v) is 4.99. The Morgan fingerprint density at radius 1 is 1.14 bits per heavy atom. The van der Waals surface area contributed by atoms with Gasteiger partial charge in [0.15, 0.2) is 6.10 Å². The molecule has 6 nitrogen and oxygen atoms in total. The molecule has 28 heavy (non-hydrogen) atoms. The van der Waals surface area contributed by atoms with Crippen LogP contribution in [0.4, 0.5) is 11.4 Å². The molecule has 0 bridgehead atoms. The zero-order valence-corrected chi connectivity index (χ0v) is 16.4. The second-order valence-electron chi connectivity index (χ2n) is 6.82. The van der Waals surface area contributed by atoms with Gasteiger partial charge in [0.25, 0.3) is 5.91 Å². The van der Waals surface area contributed by atoms with Crippen LogP contribution in [0.1, 0.15) is 19.4 Å². The number of ether oxygens (including phenoxy) is 1. The molecule has 1 saturated heterocycles. The van der Waals surface area contributed by atoms with E-state index in [9.17, 15) is 4.79 Å². The number of carbonyl (C=O) groups is 1. The van der Waals surface area contributed by atoms with Crippen LogP contribution < -0.4 is 15.0 Å². The van der Waals surface area contributed by atoms with Crippen LogP contribution in [0.3, 0.4) is 0 Å². The van der Waals surface area contributed by atoms with Crippen LogP contribution in [0.15, 0.2) is 48.5 Å². The summed E-state index contributed by atoms with van der Waals surface area (Å²) >= 11 is 0. The van der Waals surface area contributed by atoms with Crippen molar-refractivity contribution in [2.24, 2.45) is 0 Å². The van der Waals surface area contributed by atoms with Crippen molar-refractivity contribution in [3.05, 3.63) is 54.1 Å². The molecule has 1 fully saturated rings. The van der Waals surface area contributed by atoms with Gasteiger partial charge >= 0.3 is 0 Å². The number of para-hydroxylation sites is 2. The minimum Gasteiger partial charge on any atom is -0.481 e. The van der Waals surface area contributed by atoms with Crippen molar-refractivity contribution in [2.45, 2.75) is 20.0 Å². The Morgan fingerprint density at radius 2 is 1.82 bits per heavy atom. The van der Waals surface area contributed by atoms with E-state index in [2.05, 4.69) is 28.1 Å². The van der Waals surface area contributed by atoms with Gasteiger partial charge in [0.1, 0.15) is 5.75 Å². The SMILES string of the molecule is CCN1CCN(c2ccccc2NC(=O)C(C)Oc2ccc(C#N)cc2)CC1. The molecule has 1 unspecified atom stereocenters. The summed E-state index contributed by atoms with van der Waals surface area (Å²) in [6, 6.07) is 16.7. The highest BCUT2D eigenvalue weighted by Gasteiger charge is 2.21. The minimum atomic E-state index is -0.655. The van der Waals surface area contributed by atoms with Gasteiger partial charge in [-0.15, -0.1) is 0 Å². The van der Waals surface area contributed by atoms with Crippen molar-refractivity contribution >= 4 is 17.3 Å². The van der Waals surface area contributed by atoms with Gasteiger partial charge < -0.3 is 19.9 Å². The lowest BCUT2D eigenvalue weighted by molar-refractivity contribution is -0.122. The predicted molar refractivity (Wildman–Crippen MR) is 111 cm³/mol. The number of hydrogen-bond acceptors (Lipinski definition) is 5. The fourth-order valence-electron chi connectivity index (χ4n) is 3.26. The standard InChI is InChI=1S/C22H26N4O2/c1-3-25-12-14-26(15-13-25)21-7-5-4-6-20(21)24-22(27)17(2)28-19-10-8-18(16-23)9-11-19/h4-11,17H,3,12-15H2,1-2H3,(H,24,27). The number of hydrogen-bond donors (Lipinski definition) is 1. The molecular formula is C22H26N4O2. The number of nitrogens with zero attached hydrogens (tertiary/aromatic N) is 3. The van der Waals surface area contributed by atoms with E-state index in [-0.39, 0.29) is 5.91 Å². The van der Waals surface area contributed by atoms with Crippen LogP contribution in [0, 0.1) is 11.3 Å². The van der Waals surface area contributed by atoms with Crippen molar-refractivity contribution in [3.8, 4) is 11.8 Å². The van der Waals surface area contributed by atoms with Crippen molar-refractivity contribution in [1.82, 2.24) is 4.90 Å². The zero-order valence-electron chi connectivity index (χ0n) is 16.4. The van der Waals surface area contributed by atoms with Gasteiger partial charge in [0.2, 0.25) is 0 Å². The lowest BCUT2D eigenvalue weighted by Gasteiger charge is -2.36. The molecule has 1 aliphatic rings. The average molecular weight is 378 g/mol. The second kappa shape index (κ2) is 9.25. The number of likely N-dealkylation sites (N-methyl/N-ethyl adjacent to an activating group) is 1. The quantitative estimate of drug-likeness (QED) is 0.836. The van der Waals surface area contributed by atoms with Crippen molar-refractivity contribution in [2.75, 3.05) is 42.9 Å². The maximum Gasteiger partial charge on any atom is 0.265 e. The Hall–Kier alpha value is -3.04. The topological polar surface area (TPSA) is 68.6 Å². The predicted octanol–water partition coefficient (Wildman–Crippen LogP) is 3.11. The number of piperazine rings is 1. The van der Waals surface area contributed by atoms with Crippen molar-refractivity contribution in [1.29, 1.82) is 5.26 Å². The zero-order chi connectivity index (χ0) is 19.9. The summed E-state index contributed by atoms with van der Waals surface area (Å²) in [5, 5.41) is 11.9. The number of rotatable bonds is 6. The van der Waals surface area contributed by atoms with E-state index in [1.165, 1.54) is 0 Å². The molecule has 1 atom stereocenters. The molecule has 0 aliphatic carbocycles. The monoisotopic (exact) mass is 378 g/mol. The van der Waals surface area contributed by atoms with E-state index >= 15 is 0 Å². The Bertz CT molecular complexity index is 836. The van der Waals surface area contributed by atoms with E-state index in [0.717, 1.165) is 44.1 Å². The maximum absolute atomic E-state index is 12.7. The number of carbonyl (C=O) groups excluding carboxylic acids is 1. The van der Waals surface area contributed by atoms with Crippen LogP contribution in [0.25, 0.3) is 0 Å². The van der Waals surface area contributed by atoms with E-state index in [0.29, 0.717) is 11.3 Å². The molecule has 1 aliphatic heterocycles. The van der Waals surface area contributed by atoms with Crippen LogP contribution in [-0.4, -0.2) is 49.6 Å². The lowest BCUT2D eigenvalue weighted by Crippen LogP contribution is -2.46. The fourth-order valence-corrected chi connectivity index (χ4v) is 3.26. The molecule has 6 heteroatoms. The summed E-state index contributed by atoms with van der Waals surface area (Å²) in [7, 11) is 0. The first kappa shape index (κ1) is 19.7. The molecule has 0 aromatic heterocycles. The highest BCUT2D eigenvalue weighted by Crippen LogP contribution is 2.27. The molecule has 1 N–H and O–H groups in total.